The minimum absolute atomic E-state index is 0.0581. The number of benzene rings is 1. The lowest BCUT2D eigenvalue weighted by atomic mass is 10.1. The summed E-state index contributed by atoms with van der Waals surface area (Å²) in [5, 5.41) is 25.1. The summed E-state index contributed by atoms with van der Waals surface area (Å²) in [4.78, 5) is 29.0. The van der Waals surface area contributed by atoms with Crippen molar-refractivity contribution in [2.75, 3.05) is 27.4 Å². The van der Waals surface area contributed by atoms with Crippen LogP contribution in [0.4, 0.5) is 0 Å². The highest BCUT2D eigenvalue weighted by molar-refractivity contribution is 5.87. The third-order valence-corrected chi connectivity index (χ3v) is 6.24. The van der Waals surface area contributed by atoms with Crippen molar-refractivity contribution in [1.82, 2.24) is 30.4 Å². The van der Waals surface area contributed by atoms with Crippen LogP contribution in [0.1, 0.15) is 51.9 Å². The molecule has 0 radical (unpaired) electrons. The summed E-state index contributed by atoms with van der Waals surface area (Å²) in [7, 11) is 3.09. The predicted molar refractivity (Wildman–Crippen MR) is 129 cm³/mol. The average molecular weight is 489 g/mol. The van der Waals surface area contributed by atoms with Crippen LogP contribution in [-0.4, -0.2) is 81.5 Å². The number of aliphatic hydroxyl groups excluding tert-OH is 1. The summed E-state index contributed by atoms with van der Waals surface area (Å²) in [5.41, 5.74) is 0.658. The zero-order valence-corrected chi connectivity index (χ0v) is 20.8. The molecule has 1 heterocycles. The lowest BCUT2D eigenvalue weighted by Gasteiger charge is -2.31. The topological polar surface area (TPSA) is 132 Å². The van der Waals surface area contributed by atoms with Crippen molar-refractivity contribution in [2.24, 2.45) is 0 Å². The van der Waals surface area contributed by atoms with E-state index in [4.69, 9.17) is 9.47 Å². The number of aliphatic hydroxyl groups is 1. The van der Waals surface area contributed by atoms with Gasteiger partial charge in [-0.2, -0.15) is 4.80 Å². The molecule has 1 aromatic heterocycles. The van der Waals surface area contributed by atoms with E-state index in [1.54, 1.807) is 25.3 Å². The van der Waals surface area contributed by atoms with E-state index in [0.717, 1.165) is 38.5 Å². The molecule has 11 heteroatoms. The van der Waals surface area contributed by atoms with Crippen LogP contribution in [0.3, 0.4) is 0 Å². The molecule has 1 unspecified atom stereocenters. The molecular weight excluding hydrogens is 452 g/mol. The molecule has 3 rings (SSSR count). The molecule has 0 bridgehead atoms. The number of ether oxygens (including phenoxy) is 2. The largest absolute Gasteiger partial charge is 0.493 e. The zero-order valence-electron chi connectivity index (χ0n) is 20.8. The van der Waals surface area contributed by atoms with E-state index in [2.05, 4.69) is 20.7 Å². The van der Waals surface area contributed by atoms with Crippen LogP contribution in [0.2, 0.25) is 0 Å². The average Bonchev–Trinajstić information content (AvgIpc) is 3.55. The number of tetrazole rings is 1. The monoisotopic (exact) mass is 488 g/mol. The molecule has 2 amide bonds. The van der Waals surface area contributed by atoms with E-state index in [1.807, 2.05) is 6.92 Å². The summed E-state index contributed by atoms with van der Waals surface area (Å²) >= 11 is 0. The fourth-order valence-corrected chi connectivity index (χ4v) is 4.37. The van der Waals surface area contributed by atoms with E-state index in [0.29, 0.717) is 29.3 Å². The van der Waals surface area contributed by atoms with Gasteiger partial charge in [-0.1, -0.05) is 32.6 Å². The second kappa shape index (κ2) is 13.0. The fraction of sp³-hybridized carbons (Fsp3) is 0.625. The highest BCUT2D eigenvalue weighted by atomic mass is 16.5. The Balaban J connectivity index is 1.74. The van der Waals surface area contributed by atoms with Crippen LogP contribution < -0.4 is 14.8 Å². The van der Waals surface area contributed by atoms with Crippen molar-refractivity contribution < 1.29 is 24.2 Å². The van der Waals surface area contributed by atoms with Gasteiger partial charge in [0.05, 0.1) is 20.8 Å². The molecule has 35 heavy (non-hydrogen) atoms. The summed E-state index contributed by atoms with van der Waals surface area (Å²) in [6.45, 7) is 1.66. The Morgan fingerprint density at radius 3 is 2.63 bits per heavy atom. The van der Waals surface area contributed by atoms with E-state index in [9.17, 15) is 14.7 Å². The van der Waals surface area contributed by atoms with Gasteiger partial charge in [0.25, 0.3) is 0 Å². The van der Waals surface area contributed by atoms with E-state index >= 15 is 0 Å². The molecule has 11 nitrogen and oxygen atoms in total. The second-order valence-electron chi connectivity index (χ2n) is 8.67. The quantitative estimate of drug-likeness (QED) is 0.436. The number of rotatable bonds is 13. The highest BCUT2D eigenvalue weighted by Gasteiger charge is 2.31. The fourth-order valence-electron chi connectivity index (χ4n) is 4.37. The van der Waals surface area contributed by atoms with Gasteiger partial charge in [-0.25, -0.2) is 0 Å². The Hall–Kier alpha value is -3.21. The molecule has 192 valence electrons. The summed E-state index contributed by atoms with van der Waals surface area (Å²) in [6, 6.07) is 4.75. The molecule has 1 aliphatic carbocycles. The first-order valence-electron chi connectivity index (χ1n) is 12.2. The van der Waals surface area contributed by atoms with Gasteiger partial charge in [0.1, 0.15) is 12.6 Å². The molecule has 1 saturated carbocycles. The van der Waals surface area contributed by atoms with Crippen molar-refractivity contribution in [1.29, 1.82) is 0 Å². The van der Waals surface area contributed by atoms with E-state index in [-0.39, 0.29) is 37.6 Å². The van der Waals surface area contributed by atoms with Gasteiger partial charge in [-0.15, -0.1) is 10.2 Å². The maximum Gasteiger partial charge on any atom is 0.247 e. The SMILES string of the molecule is CCCCC(C(=O)NC1CCCC1)N(CCO)C(=O)Cn1nnc(-c2ccc(OC)c(OC)c2)n1. The van der Waals surface area contributed by atoms with Crippen LogP contribution in [0.25, 0.3) is 11.4 Å². The molecule has 0 aliphatic heterocycles. The molecule has 1 atom stereocenters. The van der Waals surface area contributed by atoms with Gasteiger partial charge in [0.15, 0.2) is 11.5 Å². The first-order chi connectivity index (χ1) is 17.0. The number of hydrogen-bond acceptors (Lipinski definition) is 8. The van der Waals surface area contributed by atoms with Crippen molar-refractivity contribution in [2.45, 2.75) is 70.5 Å². The van der Waals surface area contributed by atoms with Crippen molar-refractivity contribution in [3.63, 3.8) is 0 Å². The number of nitrogens with one attached hydrogen (secondary N) is 1. The molecule has 1 fully saturated rings. The number of aromatic nitrogens is 4. The molecule has 0 spiro atoms. The molecule has 1 aliphatic rings. The maximum absolute atomic E-state index is 13.2. The molecular formula is C24H36N6O5. The van der Waals surface area contributed by atoms with Crippen LogP contribution in [0.5, 0.6) is 11.5 Å². The molecule has 0 saturated heterocycles. The van der Waals surface area contributed by atoms with Crippen molar-refractivity contribution in [3.05, 3.63) is 18.2 Å². The molecule has 1 aromatic carbocycles. The smallest absolute Gasteiger partial charge is 0.247 e. The normalized spacial score (nSPS) is 14.5. The Morgan fingerprint density at radius 2 is 1.97 bits per heavy atom. The Labute approximate surface area is 205 Å². The van der Waals surface area contributed by atoms with Gasteiger partial charge in [-0.05, 0) is 42.7 Å². The first kappa shape index (κ1) is 26.4. The minimum atomic E-state index is -0.649. The van der Waals surface area contributed by atoms with Gasteiger partial charge < -0.3 is 24.8 Å². The van der Waals surface area contributed by atoms with Crippen LogP contribution in [0, 0.1) is 0 Å². The second-order valence-corrected chi connectivity index (χ2v) is 8.67. The molecule has 2 N–H and O–H groups in total. The number of carbonyl (C=O) groups is 2. The van der Waals surface area contributed by atoms with Gasteiger partial charge in [-0.3, -0.25) is 9.59 Å². The number of hydrogen-bond donors (Lipinski definition) is 2. The Morgan fingerprint density at radius 1 is 1.23 bits per heavy atom. The van der Waals surface area contributed by atoms with Gasteiger partial charge >= 0.3 is 0 Å². The number of nitrogens with zero attached hydrogens (tertiary/aromatic N) is 5. The standard InChI is InChI=1S/C24H36N6O5/c1-4-5-10-19(24(33)25-18-8-6-7-9-18)29(13-14-31)22(32)16-30-27-23(26-28-30)17-11-12-20(34-2)21(15-17)35-3/h11-12,15,18-19,31H,4-10,13-14,16H2,1-3H3,(H,25,33). The third kappa shape index (κ3) is 6.91. The zero-order chi connectivity index (χ0) is 25.2. The Kier molecular flexibility index (Phi) is 9.83. The van der Waals surface area contributed by atoms with E-state index in [1.165, 1.54) is 16.8 Å². The predicted octanol–water partition coefficient (Wildman–Crippen LogP) is 1.80. The number of carbonyl (C=O) groups excluding carboxylic acids is 2. The van der Waals surface area contributed by atoms with E-state index < -0.39 is 6.04 Å². The maximum atomic E-state index is 13.2. The van der Waals surface area contributed by atoms with Crippen LogP contribution in [-0.2, 0) is 16.1 Å². The summed E-state index contributed by atoms with van der Waals surface area (Å²) < 4.78 is 10.6. The number of unbranched alkanes of at least 4 members (excludes halogenated alkanes) is 1. The number of amides is 2. The first-order valence-corrected chi connectivity index (χ1v) is 12.2. The Bertz CT molecular complexity index is 975. The lowest BCUT2D eigenvalue weighted by Crippen LogP contribution is -2.53. The van der Waals surface area contributed by atoms with Crippen LogP contribution >= 0.6 is 0 Å². The van der Waals surface area contributed by atoms with Crippen molar-refractivity contribution >= 4 is 11.8 Å². The molecule has 2 aromatic rings. The van der Waals surface area contributed by atoms with Crippen molar-refractivity contribution in [3.8, 4) is 22.9 Å². The lowest BCUT2D eigenvalue weighted by molar-refractivity contribution is -0.142. The third-order valence-electron chi connectivity index (χ3n) is 6.24. The van der Waals surface area contributed by atoms with Gasteiger partial charge in [0, 0.05) is 18.2 Å². The van der Waals surface area contributed by atoms with Gasteiger partial charge in [0.2, 0.25) is 17.6 Å². The summed E-state index contributed by atoms with van der Waals surface area (Å²) in [6.07, 6.45) is 6.34. The van der Waals surface area contributed by atoms with Crippen LogP contribution in [0.15, 0.2) is 18.2 Å². The number of methoxy groups -OCH3 is 2. The minimum Gasteiger partial charge on any atom is -0.493 e. The summed E-state index contributed by atoms with van der Waals surface area (Å²) in [5.74, 6) is 0.919. The highest BCUT2D eigenvalue weighted by Crippen LogP contribution is 2.30.